The van der Waals surface area contributed by atoms with Crippen molar-refractivity contribution < 1.29 is 9.53 Å². The van der Waals surface area contributed by atoms with Crippen molar-refractivity contribution in [2.24, 2.45) is 0 Å². The van der Waals surface area contributed by atoms with Crippen LogP contribution in [0.2, 0.25) is 0 Å². The molecule has 0 aliphatic carbocycles. The first-order valence-electron chi connectivity index (χ1n) is 11.5. The summed E-state index contributed by atoms with van der Waals surface area (Å²) in [6.07, 6.45) is 14.9. The van der Waals surface area contributed by atoms with Gasteiger partial charge in [-0.1, -0.05) is 88.8 Å². The Morgan fingerprint density at radius 3 is 2.55 bits per heavy atom. The van der Waals surface area contributed by atoms with Gasteiger partial charge in [-0.15, -0.1) is 0 Å². The van der Waals surface area contributed by atoms with Crippen LogP contribution in [0.4, 0.5) is 0 Å². The Morgan fingerprint density at radius 1 is 1.19 bits per heavy atom. The average molecular weight is 422 g/mol. The Balaban J connectivity index is 0.00000233. The molecule has 0 bridgehead atoms. The predicted octanol–water partition coefficient (Wildman–Crippen LogP) is 8.25. The van der Waals surface area contributed by atoms with E-state index in [0.717, 1.165) is 28.8 Å². The molecule has 0 aliphatic heterocycles. The molecule has 168 valence electrons. The molecule has 0 saturated carbocycles. The maximum atomic E-state index is 11.2. The van der Waals surface area contributed by atoms with E-state index in [1.54, 1.807) is 0 Å². The van der Waals surface area contributed by atoms with Gasteiger partial charge in [0.05, 0.1) is 5.69 Å². The molecule has 1 aromatic carbocycles. The smallest absolute Gasteiger partial charge is 0.303 e. The summed E-state index contributed by atoms with van der Waals surface area (Å²) in [6, 6.07) is 8.32. The zero-order valence-corrected chi connectivity index (χ0v) is 20.1. The quantitative estimate of drug-likeness (QED) is 0.238. The van der Waals surface area contributed by atoms with Gasteiger partial charge in [0.15, 0.2) is 0 Å². The van der Waals surface area contributed by atoms with Gasteiger partial charge in [0.2, 0.25) is 0 Å². The number of ether oxygens (including phenoxy) is 1. The molecule has 0 fully saturated rings. The molecule has 0 saturated heterocycles. The van der Waals surface area contributed by atoms with E-state index in [0.29, 0.717) is 0 Å². The lowest BCUT2D eigenvalue weighted by atomic mass is 10.0. The van der Waals surface area contributed by atoms with Gasteiger partial charge in [-0.05, 0) is 43.9 Å². The number of para-hydroxylation sites is 1. The third-order valence-corrected chi connectivity index (χ3v) is 4.95. The van der Waals surface area contributed by atoms with Crippen LogP contribution in [-0.2, 0) is 9.53 Å². The molecule has 1 N–H and O–H groups in total. The van der Waals surface area contributed by atoms with E-state index in [1.807, 2.05) is 52.0 Å². The number of rotatable bonds is 10. The van der Waals surface area contributed by atoms with Gasteiger partial charge in [0.1, 0.15) is 6.10 Å². The highest BCUT2D eigenvalue weighted by molar-refractivity contribution is 5.96. The maximum absolute atomic E-state index is 11.2. The first-order valence-corrected chi connectivity index (χ1v) is 11.5. The number of aromatic amines is 1. The number of carbonyl (C=O) groups excluding carboxylic acids is 1. The van der Waals surface area contributed by atoms with Crippen LogP contribution in [-0.4, -0.2) is 17.1 Å². The molecular weight excluding hydrogens is 382 g/mol. The van der Waals surface area contributed by atoms with Crippen LogP contribution < -0.4 is 0 Å². The summed E-state index contributed by atoms with van der Waals surface area (Å²) in [7, 11) is 0. The summed E-state index contributed by atoms with van der Waals surface area (Å²) in [5.74, 6) is -0.282. The summed E-state index contributed by atoms with van der Waals surface area (Å²) in [6.45, 7) is 15.7. The molecule has 1 aromatic heterocycles. The lowest BCUT2D eigenvalue weighted by Gasteiger charge is -2.12. The SMILES string of the molecule is C=C(/C=C\C(=C/C)C(C)OC(C)=O)c1[nH]c2ccccc2c1/C=C\CCCCC.CC. The lowest BCUT2D eigenvalue weighted by Crippen LogP contribution is -2.13. The Kier molecular flexibility index (Phi) is 12.0. The van der Waals surface area contributed by atoms with Crippen molar-refractivity contribution in [1.29, 1.82) is 0 Å². The van der Waals surface area contributed by atoms with Gasteiger partial charge in [-0.25, -0.2) is 0 Å². The van der Waals surface area contributed by atoms with Crippen molar-refractivity contribution in [1.82, 2.24) is 4.98 Å². The standard InChI is InChI=1S/C26H33NO2.C2H6/c1-6-8-9-10-11-15-24-23-14-12-13-16-25(23)27-26(24)19(3)17-18-22(7-2)20(4)29-21(5)28;1-2/h7,11-18,20,27H,3,6,8-10H2,1-2,4-5H3;1-2H3/b15-11-,18-17-,22-7+;. The number of hydrogen-bond donors (Lipinski definition) is 1. The van der Waals surface area contributed by atoms with Crippen LogP contribution in [0.15, 0.2) is 60.7 Å². The van der Waals surface area contributed by atoms with Gasteiger partial charge >= 0.3 is 5.97 Å². The van der Waals surface area contributed by atoms with Gasteiger partial charge < -0.3 is 9.72 Å². The largest absolute Gasteiger partial charge is 0.458 e. The normalized spacial score (nSPS) is 12.8. The van der Waals surface area contributed by atoms with Crippen molar-refractivity contribution in [2.45, 2.75) is 73.3 Å². The number of aromatic nitrogens is 1. The minimum Gasteiger partial charge on any atom is -0.458 e. The van der Waals surface area contributed by atoms with E-state index >= 15 is 0 Å². The first kappa shape index (κ1) is 26.2. The topological polar surface area (TPSA) is 42.1 Å². The van der Waals surface area contributed by atoms with E-state index in [2.05, 4.69) is 48.8 Å². The third-order valence-electron chi connectivity index (χ3n) is 4.95. The minimum atomic E-state index is -0.290. The molecule has 0 spiro atoms. The lowest BCUT2D eigenvalue weighted by molar-refractivity contribution is -0.143. The Bertz CT molecular complexity index is 928. The number of esters is 1. The molecule has 3 nitrogen and oxygen atoms in total. The van der Waals surface area contributed by atoms with Crippen LogP contribution in [0, 0.1) is 0 Å². The zero-order chi connectivity index (χ0) is 23.2. The molecule has 3 heteroatoms. The van der Waals surface area contributed by atoms with E-state index in [1.165, 1.54) is 37.1 Å². The fourth-order valence-corrected chi connectivity index (χ4v) is 3.37. The van der Waals surface area contributed by atoms with Gasteiger partial charge in [-0.2, -0.15) is 0 Å². The molecule has 0 amide bonds. The molecule has 0 radical (unpaired) electrons. The van der Waals surface area contributed by atoms with Crippen LogP contribution in [0.25, 0.3) is 22.6 Å². The van der Waals surface area contributed by atoms with Crippen LogP contribution >= 0.6 is 0 Å². The van der Waals surface area contributed by atoms with Gasteiger partial charge in [0, 0.05) is 23.4 Å². The molecule has 2 rings (SSSR count). The predicted molar refractivity (Wildman–Crippen MR) is 136 cm³/mol. The fraction of sp³-hybridized carbons (Fsp3) is 0.393. The summed E-state index contributed by atoms with van der Waals surface area (Å²) in [5, 5.41) is 1.20. The van der Waals surface area contributed by atoms with Crippen molar-refractivity contribution >= 4 is 28.5 Å². The summed E-state index contributed by atoms with van der Waals surface area (Å²) >= 11 is 0. The fourth-order valence-electron chi connectivity index (χ4n) is 3.37. The number of benzene rings is 1. The Hall–Kier alpha value is -2.81. The van der Waals surface area contributed by atoms with Gasteiger partial charge in [0.25, 0.3) is 0 Å². The Morgan fingerprint density at radius 2 is 1.90 bits per heavy atom. The minimum absolute atomic E-state index is 0.282. The van der Waals surface area contributed by atoms with Crippen LogP contribution in [0.3, 0.4) is 0 Å². The highest BCUT2D eigenvalue weighted by atomic mass is 16.5. The molecule has 1 unspecified atom stereocenters. The van der Waals surface area contributed by atoms with Crippen LogP contribution in [0.5, 0.6) is 0 Å². The number of hydrogen-bond acceptors (Lipinski definition) is 2. The molecule has 2 aromatic rings. The second-order valence-electron chi connectivity index (χ2n) is 7.26. The number of unbranched alkanes of at least 4 members (excludes halogenated alkanes) is 3. The van der Waals surface area contributed by atoms with Crippen molar-refractivity contribution in [3.8, 4) is 0 Å². The monoisotopic (exact) mass is 421 g/mol. The molecule has 1 atom stereocenters. The highest BCUT2D eigenvalue weighted by Gasteiger charge is 2.12. The summed E-state index contributed by atoms with van der Waals surface area (Å²) < 4.78 is 5.29. The highest BCUT2D eigenvalue weighted by Crippen LogP contribution is 2.29. The van der Waals surface area contributed by atoms with E-state index < -0.39 is 0 Å². The number of allylic oxidation sites excluding steroid dienone is 4. The van der Waals surface area contributed by atoms with Crippen molar-refractivity contribution in [2.75, 3.05) is 0 Å². The summed E-state index contributed by atoms with van der Waals surface area (Å²) in [4.78, 5) is 14.8. The number of H-pyrrole nitrogens is 1. The van der Waals surface area contributed by atoms with E-state index in [9.17, 15) is 4.79 Å². The average Bonchev–Trinajstić information content (AvgIpc) is 3.13. The molecule has 31 heavy (non-hydrogen) atoms. The second-order valence-corrected chi connectivity index (χ2v) is 7.26. The molecule has 0 aliphatic rings. The Labute approximate surface area is 188 Å². The first-order chi connectivity index (χ1) is 15.0. The summed E-state index contributed by atoms with van der Waals surface area (Å²) in [5.41, 5.74) is 5.12. The van der Waals surface area contributed by atoms with Crippen LogP contribution in [0.1, 0.15) is 78.5 Å². The van der Waals surface area contributed by atoms with Crippen molar-refractivity contribution in [3.63, 3.8) is 0 Å². The van der Waals surface area contributed by atoms with E-state index in [4.69, 9.17) is 4.74 Å². The zero-order valence-electron chi connectivity index (χ0n) is 20.1. The van der Waals surface area contributed by atoms with E-state index in [-0.39, 0.29) is 12.1 Å². The molecular formula is C28H39NO2. The number of nitrogens with one attached hydrogen (secondary N) is 1. The third kappa shape index (κ3) is 8.09. The second kappa shape index (κ2) is 14.2. The number of fused-ring (bicyclic) bond motifs is 1. The maximum Gasteiger partial charge on any atom is 0.303 e. The molecule has 1 heterocycles. The van der Waals surface area contributed by atoms with Gasteiger partial charge in [-0.3, -0.25) is 4.79 Å². The van der Waals surface area contributed by atoms with Crippen molar-refractivity contribution in [3.05, 3.63) is 72.0 Å². The number of carbonyl (C=O) groups is 1.